The third-order valence-electron chi connectivity index (χ3n) is 6.47. The van der Waals surface area contributed by atoms with E-state index in [0.717, 1.165) is 11.1 Å². The number of carbonyl (C=O) groups excluding carboxylic acids is 1. The molecule has 1 atom stereocenters. The van der Waals surface area contributed by atoms with Crippen LogP contribution in [-0.2, 0) is 9.53 Å². The maximum atomic E-state index is 13.8. The molecule has 11 heteroatoms. The van der Waals surface area contributed by atoms with E-state index in [2.05, 4.69) is 4.99 Å². The highest BCUT2D eigenvalue weighted by molar-refractivity contribution is 7.07. The summed E-state index contributed by atoms with van der Waals surface area (Å²) >= 11 is 1.19. The van der Waals surface area contributed by atoms with Gasteiger partial charge >= 0.3 is 5.97 Å². The number of furan rings is 1. The Morgan fingerprint density at radius 2 is 1.93 bits per heavy atom. The second-order valence-electron chi connectivity index (χ2n) is 9.06. The summed E-state index contributed by atoms with van der Waals surface area (Å²) in [4.78, 5) is 42.4. The van der Waals surface area contributed by atoms with Crippen LogP contribution in [0.3, 0.4) is 0 Å². The first kappa shape index (κ1) is 26.8. The van der Waals surface area contributed by atoms with Gasteiger partial charge in [-0.15, -0.1) is 0 Å². The van der Waals surface area contributed by atoms with Crippen LogP contribution in [0.2, 0.25) is 0 Å². The average Bonchev–Trinajstić information content (AvgIpc) is 3.52. The normalized spacial score (nSPS) is 15.0. The maximum Gasteiger partial charge on any atom is 0.338 e. The van der Waals surface area contributed by atoms with Crippen LogP contribution < -0.4 is 19.6 Å². The number of nitrogens with zero attached hydrogens (tertiary/aromatic N) is 3. The van der Waals surface area contributed by atoms with Gasteiger partial charge in [-0.3, -0.25) is 19.5 Å². The van der Waals surface area contributed by atoms with Gasteiger partial charge in [-0.25, -0.2) is 9.79 Å². The number of nitro groups is 1. The lowest BCUT2D eigenvalue weighted by Gasteiger charge is -2.24. The third kappa shape index (κ3) is 4.87. The molecule has 0 spiro atoms. The van der Waals surface area contributed by atoms with Crippen molar-refractivity contribution in [2.24, 2.45) is 4.99 Å². The van der Waals surface area contributed by atoms with E-state index in [0.29, 0.717) is 37.7 Å². The predicted molar refractivity (Wildman–Crippen MR) is 149 cm³/mol. The van der Waals surface area contributed by atoms with Gasteiger partial charge < -0.3 is 13.9 Å². The molecule has 204 valence electrons. The molecule has 0 bridgehead atoms. The molecule has 2 aromatic carbocycles. The van der Waals surface area contributed by atoms with Gasteiger partial charge in [0.2, 0.25) is 0 Å². The number of thiazole rings is 1. The Labute approximate surface area is 232 Å². The monoisotopic (exact) mass is 559 g/mol. The number of aryl methyl sites for hydroxylation is 1. The van der Waals surface area contributed by atoms with Gasteiger partial charge in [0.05, 0.1) is 52.1 Å². The number of fused-ring (bicyclic) bond motifs is 1. The topological polar surface area (TPSA) is 126 Å². The molecule has 1 aliphatic heterocycles. The summed E-state index contributed by atoms with van der Waals surface area (Å²) in [6, 6.07) is 14.6. The molecule has 40 heavy (non-hydrogen) atoms. The van der Waals surface area contributed by atoms with Crippen LogP contribution in [0.4, 0.5) is 5.69 Å². The minimum absolute atomic E-state index is 0.103. The zero-order valence-electron chi connectivity index (χ0n) is 22.2. The number of allylic oxidation sites excluding steroid dienone is 1. The van der Waals surface area contributed by atoms with Crippen LogP contribution in [0, 0.1) is 17.0 Å². The van der Waals surface area contributed by atoms with Gasteiger partial charge in [-0.1, -0.05) is 41.2 Å². The fraction of sp³-hybridized carbons (Fsp3) is 0.207. The van der Waals surface area contributed by atoms with Gasteiger partial charge in [0.1, 0.15) is 17.3 Å². The molecule has 5 rings (SSSR count). The lowest BCUT2D eigenvalue weighted by atomic mass is 9.95. The Hall–Kier alpha value is -4.77. The molecule has 1 unspecified atom stereocenters. The Morgan fingerprint density at radius 3 is 2.60 bits per heavy atom. The average molecular weight is 560 g/mol. The van der Waals surface area contributed by atoms with Crippen molar-refractivity contribution in [2.75, 3.05) is 13.7 Å². The van der Waals surface area contributed by atoms with Crippen LogP contribution in [-0.4, -0.2) is 29.2 Å². The molecular formula is C29H25N3O7S. The van der Waals surface area contributed by atoms with E-state index in [1.165, 1.54) is 35.1 Å². The number of hydrogen-bond donors (Lipinski definition) is 0. The number of nitro benzene ring substituents is 1. The first-order valence-corrected chi connectivity index (χ1v) is 13.2. The molecule has 4 aromatic rings. The van der Waals surface area contributed by atoms with Gasteiger partial charge in [-0.2, -0.15) is 0 Å². The summed E-state index contributed by atoms with van der Waals surface area (Å²) in [5.74, 6) is 0.587. The van der Waals surface area contributed by atoms with Gasteiger partial charge in [0.25, 0.3) is 11.2 Å². The van der Waals surface area contributed by atoms with E-state index in [4.69, 9.17) is 13.9 Å². The minimum Gasteiger partial charge on any atom is -0.496 e. The number of non-ortho nitro benzene ring substituents is 1. The molecular weight excluding hydrogens is 534 g/mol. The number of methoxy groups -OCH3 is 1. The molecule has 1 aliphatic rings. The molecule has 0 N–H and O–H groups in total. The standard InChI is InChI=1S/C29H25N3O7S/c1-5-38-28(34)25-17(3)30-29-31(26(25)18-8-6-16(2)7-9-18)27(33)24(40-29)15-20-11-13-22(39-20)21-12-10-19(32(35)36)14-23(21)37-4/h6-15,26H,5H2,1-4H3. The highest BCUT2D eigenvalue weighted by atomic mass is 32.1. The van der Waals surface area contributed by atoms with Crippen LogP contribution >= 0.6 is 11.3 Å². The Bertz CT molecular complexity index is 1850. The fourth-order valence-electron chi connectivity index (χ4n) is 4.56. The molecule has 0 aliphatic carbocycles. The van der Waals surface area contributed by atoms with E-state index in [1.807, 2.05) is 31.2 Å². The molecule has 2 aromatic heterocycles. The molecule has 0 fully saturated rings. The number of rotatable bonds is 7. The zero-order chi connectivity index (χ0) is 28.6. The van der Waals surface area contributed by atoms with Crippen LogP contribution in [0.1, 0.15) is 36.8 Å². The minimum atomic E-state index is -0.699. The summed E-state index contributed by atoms with van der Waals surface area (Å²) in [6.45, 7) is 5.63. The number of esters is 1. The fourth-order valence-corrected chi connectivity index (χ4v) is 5.58. The second-order valence-corrected chi connectivity index (χ2v) is 10.1. The van der Waals surface area contributed by atoms with Crippen molar-refractivity contribution >= 4 is 29.1 Å². The Balaban J connectivity index is 1.61. The quantitative estimate of drug-likeness (QED) is 0.188. The van der Waals surface area contributed by atoms with Gasteiger partial charge in [0.15, 0.2) is 4.80 Å². The van der Waals surface area contributed by atoms with E-state index < -0.39 is 16.9 Å². The summed E-state index contributed by atoms with van der Waals surface area (Å²) in [5.41, 5.74) is 2.72. The van der Waals surface area contributed by atoms with E-state index in [-0.39, 0.29) is 23.6 Å². The maximum absolute atomic E-state index is 13.8. The molecule has 0 radical (unpaired) electrons. The van der Waals surface area contributed by atoms with E-state index >= 15 is 0 Å². The molecule has 0 saturated heterocycles. The summed E-state index contributed by atoms with van der Waals surface area (Å²) in [7, 11) is 1.42. The lowest BCUT2D eigenvalue weighted by Crippen LogP contribution is -2.39. The van der Waals surface area contributed by atoms with Crippen LogP contribution in [0.15, 0.2) is 80.1 Å². The lowest BCUT2D eigenvalue weighted by molar-refractivity contribution is -0.384. The Morgan fingerprint density at radius 1 is 1.18 bits per heavy atom. The van der Waals surface area contributed by atoms with Gasteiger partial charge in [0, 0.05) is 12.1 Å². The number of carbonyl (C=O) groups is 1. The number of ether oxygens (including phenoxy) is 2. The molecule has 3 heterocycles. The van der Waals surface area contributed by atoms with Crippen molar-refractivity contribution in [1.82, 2.24) is 4.57 Å². The van der Waals surface area contributed by atoms with Gasteiger partial charge in [-0.05, 0) is 44.5 Å². The highest BCUT2D eigenvalue weighted by Crippen LogP contribution is 2.34. The largest absolute Gasteiger partial charge is 0.496 e. The van der Waals surface area contributed by atoms with E-state index in [1.54, 1.807) is 38.1 Å². The van der Waals surface area contributed by atoms with Crippen LogP contribution in [0.25, 0.3) is 17.4 Å². The van der Waals surface area contributed by atoms with Crippen molar-refractivity contribution in [2.45, 2.75) is 26.8 Å². The zero-order valence-corrected chi connectivity index (χ0v) is 23.0. The van der Waals surface area contributed by atoms with Crippen molar-refractivity contribution < 1.29 is 23.6 Å². The number of aromatic nitrogens is 1. The van der Waals surface area contributed by atoms with Crippen molar-refractivity contribution in [1.29, 1.82) is 0 Å². The molecule has 0 amide bonds. The van der Waals surface area contributed by atoms with Crippen molar-refractivity contribution in [3.05, 3.63) is 113 Å². The summed E-state index contributed by atoms with van der Waals surface area (Å²) in [5, 5.41) is 11.1. The summed E-state index contributed by atoms with van der Waals surface area (Å²) in [6.07, 6.45) is 1.61. The molecule has 10 nitrogen and oxygen atoms in total. The van der Waals surface area contributed by atoms with Crippen LogP contribution in [0.5, 0.6) is 5.75 Å². The number of benzene rings is 2. The molecule has 0 saturated carbocycles. The smallest absolute Gasteiger partial charge is 0.338 e. The van der Waals surface area contributed by atoms with Crippen molar-refractivity contribution in [3.8, 4) is 17.1 Å². The second kappa shape index (κ2) is 10.8. The third-order valence-corrected chi connectivity index (χ3v) is 7.45. The predicted octanol–water partition coefficient (Wildman–Crippen LogP) is 4.28. The van der Waals surface area contributed by atoms with E-state index in [9.17, 15) is 19.7 Å². The first-order chi connectivity index (χ1) is 19.2. The SMILES string of the molecule is CCOC(=O)C1=C(C)N=c2sc(=Cc3ccc(-c4ccc([N+](=O)[O-])cc4OC)o3)c(=O)n2C1c1ccc(C)cc1. The van der Waals surface area contributed by atoms with Crippen molar-refractivity contribution in [3.63, 3.8) is 0 Å². The Kier molecular flexibility index (Phi) is 7.22. The highest BCUT2D eigenvalue weighted by Gasteiger charge is 2.33. The number of hydrogen-bond acceptors (Lipinski definition) is 9. The first-order valence-electron chi connectivity index (χ1n) is 12.4. The summed E-state index contributed by atoms with van der Waals surface area (Å²) < 4.78 is 18.5.